The highest BCUT2D eigenvalue weighted by Crippen LogP contribution is 2.34. The number of rotatable bonds is 6. The van der Waals surface area contributed by atoms with Crippen LogP contribution in [0.5, 0.6) is 0 Å². The van der Waals surface area contributed by atoms with Gasteiger partial charge in [-0.2, -0.15) is 0 Å². The van der Waals surface area contributed by atoms with Gasteiger partial charge in [-0.1, -0.05) is 6.07 Å². The van der Waals surface area contributed by atoms with Gasteiger partial charge >= 0.3 is 0 Å². The minimum Gasteiger partial charge on any atom is -0.393 e. The molecule has 2 aliphatic heterocycles. The molecule has 0 saturated carbocycles. The van der Waals surface area contributed by atoms with E-state index in [9.17, 15) is 9.90 Å². The van der Waals surface area contributed by atoms with E-state index in [1.807, 2.05) is 42.5 Å². The fourth-order valence-corrected chi connectivity index (χ4v) is 5.96. The number of ketones is 1. The lowest BCUT2D eigenvalue weighted by Gasteiger charge is -2.30. The molecule has 0 aliphatic carbocycles. The zero-order valence-electron chi connectivity index (χ0n) is 20.2. The van der Waals surface area contributed by atoms with Gasteiger partial charge in [0.1, 0.15) is 5.82 Å². The van der Waals surface area contributed by atoms with Crippen molar-refractivity contribution in [3.8, 4) is 10.7 Å². The summed E-state index contributed by atoms with van der Waals surface area (Å²) in [4.78, 5) is 26.9. The Morgan fingerprint density at radius 1 is 1.00 bits per heavy atom. The first kappa shape index (κ1) is 23.2. The smallest absolute Gasteiger partial charge is 0.167 e. The molecule has 4 aromatic rings. The van der Waals surface area contributed by atoms with Crippen LogP contribution >= 0.6 is 11.3 Å². The third kappa shape index (κ3) is 4.89. The summed E-state index contributed by atoms with van der Waals surface area (Å²) in [6.07, 6.45) is 1.81. The second-order valence-corrected chi connectivity index (χ2v) is 10.6. The van der Waals surface area contributed by atoms with Crippen molar-refractivity contribution in [1.82, 2.24) is 9.97 Å². The molecule has 0 radical (unpaired) electrons. The van der Waals surface area contributed by atoms with Crippen LogP contribution in [0.1, 0.15) is 28.8 Å². The van der Waals surface area contributed by atoms with E-state index in [1.165, 1.54) is 5.00 Å². The largest absolute Gasteiger partial charge is 0.393 e. The van der Waals surface area contributed by atoms with Crippen molar-refractivity contribution in [3.63, 3.8) is 0 Å². The number of nitrogens with one attached hydrogen (secondary N) is 1. The summed E-state index contributed by atoms with van der Waals surface area (Å²) in [6.45, 7) is 5.03. The number of imidazole rings is 1. The van der Waals surface area contributed by atoms with Crippen molar-refractivity contribution in [2.24, 2.45) is 0 Å². The maximum absolute atomic E-state index is 13.0. The molecule has 7 nitrogen and oxygen atoms in total. The SMILES string of the molecule is O=C(Cc1ccc2nc(-c3ccc(N4CCC(O)CC4)s3)[nH]c2c1)c1ccc(N2CCOCC2)cc1. The number of carbonyl (C=O) groups excluding carboxylic acids is 1. The number of thiophene rings is 1. The number of aliphatic hydroxyl groups is 1. The number of morpholine rings is 1. The molecule has 4 heterocycles. The third-order valence-corrected chi connectivity index (χ3v) is 8.23. The number of H-pyrrole nitrogens is 1. The van der Waals surface area contributed by atoms with Crippen molar-refractivity contribution >= 4 is 38.8 Å². The van der Waals surface area contributed by atoms with Gasteiger partial charge < -0.3 is 24.6 Å². The maximum atomic E-state index is 13.0. The van der Waals surface area contributed by atoms with E-state index in [0.29, 0.717) is 6.42 Å². The van der Waals surface area contributed by atoms with Crippen LogP contribution in [0.4, 0.5) is 10.7 Å². The number of nitrogens with zero attached hydrogens (tertiary/aromatic N) is 3. The van der Waals surface area contributed by atoms with Gasteiger partial charge in [-0.25, -0.2) is 4.98 Å². The van der Waals surface area contributed by atoms with Crippen molar-refractivity contribution in [2.75, 3.05) is 49.2 Å². The van der Waals surface area contributed by atoms with Gasteiger partial charge in [-0.05, 0) is 66.9 Å². The number of hydrogen-bond donors (Lipinski definition) is 2. The van der Waals surface area contributed by atoms with Gasteiger partial charge in [0.25, 0.3) is 0 Å². The fourth-order valence-electron chi connectivity index (χ4n) is 4.96. The standard InChI is InChI=1S/C28H30N4O3S/c33-22-9-11-32(12-10-22)27-8-7-26(36-27)28-29-23-6-1-19(17-24(23)30-28)18-25(34)20-2-4-21(5-3-20)31-13-15-35-16-14-31/h1-8,17,22,33H,9-16,18H2,(H,29,30). The van der Waals surface area contributed by atoms with E-state index < -0.39 is 0 Å². The molecule has 2 aromatic carbocycles. The minimum atomic E-state index is -0.174. The van der Waals surface area contributed by atoms with Gasteiger partial charge in [0, 0.05) is 43.9 Å². The van der Waals surface area contributed by atoms with Crippen LogP contribution in [0.25, 0.3) is 21.7 Å². The lowest BCUT2D eigenvalue weighted by Crippen LogP contribution is -2.36. The molecule has 2 fully saturated rings. The molecule has 2 saturated heterocycles. The Bertz CT molecular complexity index is 1350. The van der Waals surface area contributed by atoms with Crippen LogP contribution in [-0.4, -0.2) is 66.4 Å². The molecule has 2 N–H and O–H groups in total. The Hall–Kier alpha value is -3.20. The van der Waals surface area contributed by atoms with Gasteiger partial charge in [-0.3, -0.25) is 4.79 Å². The Balaban J connectivity index is 1.14. The molecule has 2 aliphatic rings. The molecule has 8 heteroatoms. The number of fused-ring (bicyclic) bond motifs is 1. The first-order valence-corrected chi connectivity index (χ1v) is 13.4. The summed E-state index contributed by atoms with van der Waals surface area (Å²) in [5, 5.41) is 11.0. The number of aromatic nitrogens is 2. The molecular formula is C28H30N4O3S. The molecule has 36 heavy (non-hydrogen) atoms. The molecule has 0 unspecified atom stereocenters. The predicted octanol–water partition coefficient (Wildman–Crippen LogP) is 4.51. The maximum Gasteiger partial charge on any atom is 0.167 e. The van der Waals surface area contributed by atoms with Crippen LogP contribution in [0.2, 0.25) is 0 Å². The first-order chi connectivity index (χ1) is 17.6. The Labute approximate surface area is 214 Å². The van der Waals surface area contributed by atoms with Crippen LogP contribution < -0.4 is 9.80 Å². The van der Waals surface area contributed by atoms with Crippen molar-refractivity contribution in [1.29, 1.82) is 0 Å². The minimum absolute atomic E-state index is 0.108. The van der Waals surface area contributed by atoms with Crippen molar-refractivity contribution in [2.45, 2.75) is 25.4 Å². The number of ether oxygens (including phenoxy) is 1. The number of anilines is 2. The number of hydrogen-bond acceptors (Lipinski definition) is 7. The van der Waals surface area contributed by atoms with Gasteiger partial charge in [0.05, 0.1) is 40.2 Å². The average molecular weight is 503 g/mol. The highest BCUT2D eigenvalue weighted by Gasteiger charge is 2.19. The molecule has 0 atom stereocenters. The van der Waals surface area contributed by atoms with Crippen LogP contribution in [0, 0.1) is 0 Å². The van der Waals surface area contributed by atoms with E-state index in [0.717, 1.165) is 90.8 Å². The van der Waals surface area contributed by atoms with Crippen LogP contribution in [0.15, 0.2) is 54.6 Å². The van der Waals surface area contributed by atoms with E-state index in [-0.39, 0.29) is 11.9 Å². The second kappa shape index (κ2) is 10.0. The van der Waals surface area contributed by atoms with E-state index >= 15 is 0 Å². The highest BCUT2D eigenvalue weighted by molar-refractivity contribution is 7.19. The number of piperidine rings is 1. The summed E-state index contributed by atoms with van der Waals surface area (Å²) in [7, 11) is 0. The quantitative estimate of drug-likeness (QED) is 0.378. The normalized spacial score (nSPS) is 17.1. The van der Waals surface area contributed by atoms with Gasteiger partial charge in [-0.15, -0.1) is 11.3 Å². The molecule has 2 aromatic heterocycles. The van der Waals surface area contributed by atoms with Gasteiger partial charge in [0.15, 0.2) is 5.78 Å². The highest BCUT2D eigenvalue weighted by atomic mass is 32.1. The molecule has 6 rings (SSSR count). The third-order valence-electron chi connectivity index (χ3n) is 7.08. The molecule has 0 spiro atoms. The summed E-state index contributed by atoms with van der Waals surface area (Å²) in [6, 6.07) is 18.2. The Kier molecular flexibility index (Phi) is 6.48. The molecular weight excluding hydrogens is 472 g/mol. The zero-order chi connectivity index (χ0) is 24.5. The number of carbonyl (C=O) groups is 1. The summed E-state index contributed by atoms with van der Waals surface area (Å²) >= 11 is 1.72. The number of aliphatic hydroxyl groups excluding tert-OH is 1. The molecule has 0 amide bonds. The monoisotopic (exact) mass is 502 g/mol. The van der Waals surface area contributed by atoms with E-state index in [4.69, 9.17) is 9.72 Å². The first-order valence-electron chi connectivity index (χ1n) is 12.6. The van der Waals surface area contributed by atoms with Crippen LogP contribution in [0.3, 0.4) is 0 Å². The topological polar surface area (TPSA) is 81.7 Å². The van der Waals surface area contributed by atoms with Crippen molar-refractivity contribution in [3.05, 3.63) is 65.7 Å². The van der Waals surface area contributed by atoms with Crippen LogP contribution in [-0.2, 0) is 11.2 Å². The fraction of sp³-hybridized carbons (Fsp3) is 0.357. The summed E-state index contributed by atoms with van der Waals surface area (Å²) < 4.78 is 5.42. The van der Waals surface area contributed by atoms with E-state index in [1.54, 1.807) is 11.3 Å². The van der Waals surface area contributed by atoms with Gasteiger partial charge in [0.2, 0.25) is 0 Å². The number of aromatic amines is 1. The summed E-state index contributed by atoms with van der Waals surface area (Å²) in [5.74, 6) is 0.956. The number of Topliss-reactive ketones (excluding diaryl/α,β-unsaturated/α-hetero) is 1. The number of benzene rings is 2. The Morgan fingerprint density at radius 3 is 2.56 bits per heavy atom. The van der Waals surface area contributed by atoms with E-state index in [2.05, 4.69) is 26.9 Å². The lowest BCUT2D eigenvalue weighted by molar-refractivity contribution is 0.0993. The van der Waals surface area contributed by atoms with Crippen molar-refractivity contribution < 1.29 is 14.6 Å². The zero-order valence-corrected chi connectivity index (χ0v) is 21.0. The molecule has 186 valence electrons. The average Bonchev–Trinajstić information content (AvgIpc) is 3.57. The predicted molar refractivity (Wildman–Crippen MR) is 144 cm³/mol. The second-order valence-electron chi connectivity index (χ2n) is 9.54. The summed E-state index contributed by atoms with van der Waals surface area (Å²) in [5.41, 5.74) is 4.67. The Morgan fingerprint density at radius 2 is 1.78 bits per heavy atom. The lowest BCUT2D eigenvalue weighted by atomic mass is 10.0. The molecule has 0 bridgehead atoms.